The molecule has 0 aliphatic carbocycles. The van der Waals surface area contributed by atoms with Crippen LogP contribution in [0.2, 0.25) is 0 Å². The summed E-state index contributed by atoms with van der Waals surface area (Å²) in [6.07, 6.45) is -0.528. The zero-order valence-corrected chi connectivity index (χ0v) is 16.9. The maximum Gasteiger partial charge on any atom is 3.00 e. The van der Waals surface area contributed by atoms with E-state index < -0.39 is 37.2 Å². The van der Waals surface area contributed by atoms with Gasteiger partial charge < -0.3 is 29.7 Å². The Kier molecular flexibility index (Phi) is 26.2. The number of carbonyl (C=O) groups excluding carboxylic acids is 6. The molecule has 0 bridgehead atoms. The summed E-state index contributed by atoms with van der Waals surface area (Å²) < 4.78 is 0. The van der Waals surface area contributed by atoms with E-state index in [9.17, 15) is 44.1 Å². The predicted octanol–water partition coefficient (Wildman–Crippen LogP) is -2.68. The Morgan fingerprint density at radius 1 is 0.520 bits per heavy atom. The first kappa shape index (κ1) is 31.5. The monoisotopic (exact) mass is 497 g/mol. The second-order valence-corrected chi connectivity index (χ2v) is 4.32. The van der Waals surface area contributed by atoms with Gasteiger partial charge in [-0.1, -0.05) is 20.8 Å². The van der Waals surface area contributed by atoms with E-state index in [-0.39, 0.29) is 77.0 Å². The number of aliphatic carboxylic acids is 3. The van der Waals surface area contributed by atoms with Crippen LogP contribution in [0.4, 0.5) is 0 Å². The van der Waals surface area contributed by atoms with Crippen molar-refractivity contribution in [2.24, 2.45) is 0 Å². The molecule has 0 fully saturated rings. The molecule has 0 spiro atoms. The molecule has 0 aliphatic heterocycles. The molecule has 0 aromatic heterocycles. The Balaban J connectivity index is -0.000000130. The molecule has 1 radical (unpaired) electrons. The number of rotatable bonds is 9. The molecule has 0 heterocycles. The first-order valence-corrected chi connectivity index (χ1v) is 7.14. The minimum Gasteiger partial charge on any atom is -0.550 e. The molecule has 0 N–H and O–H groups in total. The molecule has 0 amide bonds. The fraction of sp³-hybridized carbons (Fsp3) is 0.600. The van der Waals surface area contributed by atoms with Gasteiger partial charge in [-0.05, 0) is 0 Å². The van der Waals surface area contributed by atoms with E-state index in [2.05, 4.69) is 0 Å². The Hall–Kier alpha value is -1.24. The molecule has 0 unspecified atom stereocenters. The summed E-state index contributed by atoms with van der Waals surface area (Å²) in [5.41, 5.74) is 0. The van der Waals surface area contributed by atoms with Crippen molar-refractivity contribution in [1.29, 1.82) is 0 Å². The topological polar surface area (TPSA) is 172 Å². The maximum atomic E-state index is 10.2. The maximum absolute atomic E-state index is 10.2. The van der Waals surface area contributed by atoms with Crippen molar-refractivity contribution >= 4 is 35.3 Å². The van der Waals surface area contributed by atoms with Gasteiger partial charge in [-0.25, -0.2) is 0 Å². The minimum absolute atomic E-state index is 0. The summed E-state index contributed by atoms with van der Waals surface area (Å²) in [5.74, 6) is -4.74. The smallest absolute Gasteiger partial charge is 0.550 e. The van der Waals surface area contributed by atoms with E-state index in [0.717, 1.165) is 0 Å². The van der Waals surface area contributed by atoms with E-state index in [1.165, 1.54) is 0 Å². The molecule has 141 valence electrons. The van der Waals surface area contributed by atoms with Gasteiger partial charge in [0.15, 0.2) is 0 Å². The Bertz CT molecular complexity index is 391. The molecule has 0 rings (SSSR count). The van der Waals surface area contributed by atoms with Gasteiger partial charge in [0.1, 0.15) is 17.3 Å². The average Bonchev–Trinajstić information content (AvgIpc) is 2.46. The first-order valence-electron chi connectivity index (χ1n) is 7.14. The summed E-state index contributed by atoms with van der Waals surface area (Å²) >= 11 is 0. The van der Waals surface area contributed by atoms with Crippen LogP contribution in [0.1, 0.15) is 59.3 Å². The van der Waals surface area contributed by atoms with Crippen molar-refractivity contribution in [2.75, 3.05) is 0 Å². The first-order chi connectivity index (χ1) is 11.0. The fourth-order valence-electron chi connectivity index (χ4n) is 0.858. The largest absolute Gasteiger partial charge is 3.00 e. The SMILES string of the molecule is CCC(=O)CC(=O)[O-].CCC(=O)CC(=O)[O-].CCC(=O)CC(=O)[O-].[Sm+3]. The second kappa shape index (κ2) is 20.8. The quantitative estimate of drug-likeness (QED) is 0.309. The molecule has 0 aliphatic rings. The van der Waals surface area contributed by atoms with Gasteiger partial charge in [0, 0.05) is 56.4 Å². The number of carboxylic acids is 3. The van der Waals surface area contributed by atoms with Gasteiger partial charge in [0.2, 0.25) is 0 Å². The van der Waals surface area contributed by atoms with Crippen molar-refractivity contribution < 1.29 is 84.5 Å². The van der Waals surface area contributed by atoms with Gasteiger partial charge in [-0.3, -0.25) is 14.4 Å². The van der Waals surface area contributed by atoms with Crippen molar-refractivity contribution in [3.63, 3.8) is 0 Å². The molecular weight excluding hydrogens is 475 g/mol. The van der Waals surface area contributed by atoms with Gasteiger partial charge >= 0.3 is 40.4 Å². The number of ketones is 3. The number of carboxylic acid groups (broad SMARTS) is 3. The number of Topliss-reactive ketones (excluding diaryl/α,β-unsaturated/α-hetero) is 3. The van der Waals surface area contributed by atoms with E-state index in [1.54, 1.807) is 20.8 Å². The van der Waals surface area contributed by atoms with E-state index >= 15 is 0 Å². The summed E-state index contributed by atoms with van der Waals surface area (Å²) in [4.78, 5) is 59.5. The summed E-state index contributed by atoms with van der Waals surface area (Å²) in [6.45, 7) is 4.85. The second-order valence-electron chi connectivity index (χ2n) is 4.32. The zero-order chi connectivity index (χ0) is 19.7. The van der Waals surface area contributed by atoms with Crippen molar-refractivity contribution in [3.05, 3.63) is 0 Å². The molecular formula is C15H21O9Sm. The van der Waals surface area contributed by atoms with Crippen LogP contribution in [0.5, 0.6) is 0 Å². The standard InChI is InChI=1S/3C5H8O3.Sm/c3*1-2-4(6)3-5(7)8;/h3*2-3H2,1H3,(H,7,8);/q;;;+3/p-3. The average molecular weight is 496 g/mol. The molecule has 0 atom stereocenters. The minimum atomic E-state index is -1.29. The predicted molar refractivity (Wildman–Crippen MR) is 74.8 cm³/mol. The number of carbonyl (C=O) groups is 6. The number of hydrogen-bond acceptors (Lipinski definition) is 9. The molecule has 0 aromatic carbocycles. The van der Waals surface area contributed by atoms with Crippen LogP contribution in [0.3, 0.4) is 0 Å². The van der Waals surface area contributed by atoms with Crippen LogP contribution in [-0.4, -0.2) is 35.3 Å². The summed E-state index contributed by atoms with van der Waals surface area (Å²) in [7, 11) is 0. The van der Waals surface area contributed by atoms with Gasteiger partial charge in [0.25, 0.3) is 0 Å². The zero-order valence-electron chi connectivity index (χ0n) is 14.3. The van der Waals surface area contributed by atoms with Crippen LogP contribution < -0.4 is 15.3 Å². The molecule has 0 saturated heterocycles. The van der Waals surface area contributed by atoms with Crippen LogP contribution in [0.15, 0.2) is 0 Å². The third-order valence-corrected chi connectivity index (χ3v) is 2.21. The van der Waals surface area contributed by atoms with Crippen LogP contribution in [0, 0.1) is 40.4 Å². The molecule has 0 saturated carbocycles. The van der Waals surface area contributed by atoms with Crippen molar-refractivity contribution in [1.82, 2.24) is 0 Å². The van der Waals surface area contributed by atoms with Crippen LogP contribution >= 0.6 is 0 Å². The number of hydrogen-bond donors (Lipinski definition) is 0. The van der Waals surface area contributed by atoms with Crippen molar-refractivity contribution in [2.45, 2.75) is 59.3 Å². The fourth-order valence-corrected chi connectivity index (χ4v) is 0.858. The molecule has 9 nitrogen and oxygen atoms in total. The van der Waals surface area contributed by atoms with Gasteiger partial charge in [-0.2, -0.15) is 0 Å². The van der Waals surface area contributed by atoms with Crippen LogP contribution in [0.25, 0.3) is 0 Å². The van der Waals surface area contributed by atoms with E-state index in [0.29, 0.717) is 0 Å². The third kappa shape index (κ3) is 34.9. The molecule has 0 aromatic rings. The Morgan fingerprint density at radius 3 is 0.720 bits per heavy atom. The Morgan fingerprint density at radius 2 is 0.680 bits per heavy atom. The summed E-state index contributed by atoms with van der Waals surface area (Å²) in [5, 5.41) is 28.9. The Labute approximate surface area is 178 Å². The molecule has 25 heavy (non-hydrogen) atoms. The normalized spacial score (nSPS) is 8.28. The summed E-state index contributed by atoms with van der Waals surface area (Å²) in [6, 6.07) is 0. The van der Waals surface area contributed by atoms with E-state index in [1.807, 2.05) is 0 Å². The van der Waals surface area contributed by atoms with Crippen molar-refractivity contribution in [3.8, 4) is 0 Å². The van der Waals surface area contributed by atoms with E-state index in [4.69, 9.17) is 0 Å². The third-order valence-electron chi connectivity index (χ3n) is 2.21. The van der Waals surface area contributed by atoms with Crippen LogP contribution in [-0.2, 0) is 28.8 Å². The van der Waals surface area contributed by atoms with Gasteiger partial charge in [0.05, 0.1) is 0 Å². The molecule has 10 heteroatoms. The van der Waals surface area contributed by atoms with Gasteiger partial charge in [-0.15, -0.1) is 0 Å².